The summed E-state index contributed by atoms with van der Waals surface area (Å²) in [5.41, 5.74) is -0.532. The number of carbonyl (C=O) groups excluding carboxylic acids is 2. The second kappa shape index (κ2) is 4.64. The number of hydrogen-bond acceptors (Lipinski definition) is 3. The average molecular weight is 280 g/mol. The van der Waals surface area contributed by atoms with E-state index in [1.165, 1.54) is 6.42 Å². The average Bonchev–Trinajstić information content (AvgIpc) is 2.92. The van der Waals surface area contributed by atoms with E-state index in [1.807, 2.05) is 25.7 Å². The number of hydrogen-bond donors (Lipinski definition) is 1. The molecule has 1 N–H and O–H groups in total. The van der Waals surface area contributed by atoms with E-state index < -0.39 is 17.7 Å². The molecule has 112 valence electrons. The molecule has 1 aliphatic carbocycles. The quantitative estimate of drug-likeness (QED) is 0.798. The first-order valence-corrected chi connectivity index (χ1v) is 7.65. The molecule has 0 aromatic carbocycles. The van der Waals surface area contributed by atoms with Gasteiger partial charge in [-0.1, -0.05) is 0 Å². The molecular weight excluding hydrogens is 256 g/mol. The second-order valence-electron chi connectivity index (χ2n) is 7.34. The lowest BCUT2D eigenvalue weighted by Gasteiger charge is -2.28. The van der Waals surface area contributed by atoms with Gasteiger partial charge in [0.2, 0.25) is 5.91 Å². The number of amides is 2. The van der Waals surface area contributed by atoms with E-state index >= 15 is 0 Å². The predicted molar refractivity (Wildman–Crippen MR) is 74.1 cm³/mol. The molecular formula is C15H24N2O3. The van der Waals surface area contributed by atoms with Gasteiger partial charge in [-0.2, -0.15) is 0 Å². The maximum atomic E-state index is 12.5. The smallest absolute Gasteiger partial charge is 0.408 e. The Bertz CT molecular complexity index is 429. The van der Waals surface area contributed by atoms with Crippen molar-refractivity contribution in [2.24, 2.45) is 11.8 Å². The first-order chi connectivity index (χ1) is 9.35. The summed E-state index contributed by atoms with van der Waals surface area (Å²) in [7, 11) is 0. The van der Waals surface area contributed by atoms with E-state index in [2.05, 4.69) is 5.32 Å². The van der Waals surface area contributed by atoms with Crippen LogP contribution in [0.5, 0.6) is 0 Å². The summed E-state index contributed by atoms with van der Waals surface area (Å²) in [6.45, 7) is 6.33. The fourth-order valence-electron chi connectivity index (χ4n) is 3.70. The largest absolute Gasteiger partial charge is 0.444 e. The van der Waals surface area contributed by atoms with Gasteiger partial charge in [0.05, 0.1) is 0 Å². The van der Waals surface area contributed by atoms with Gasteiger partial charge in [0.1, 0.15) is 11.6 Å². The van der Waals surface area contributed by atoms with Gasteiger partial charge in [0.25, 0.3) is 0 Å². The third kappa shape index (κ3) is 2.63. The van der Waals surface area contributed by atoms with Crippen LogP contribution in [0.3, 0.4) is 0 Å². The standard InChI is InChI=1S/C15H24N2O3/c1-15(2,3)20-14(19)16-11-8-9-7-10(9)12-5-4-6-17(12)13(11)18/h9-12H,4-8H2,1-3H3,(H,16,19)/t9-,10-,11+,12-/m1/s1. The molecule has 5 heteroatoms. The highest BCUT2D eigenvalue weighted by molar-refractivity contribution is 5.86. The summed E-state index contributed by atoms with van der Waals surface area (Å²) in [6, 6.07) is 0.0286. The molecule has 2 amide bonds. The third-order valence-corrected chi connectivity index (χ3v) is 4.58. The van der Waals surface area contributed by atoms with Gasteiger partial charge < -0.3 is 15.0 Å². The number of alkyl carbamates (subject to hydrolysis) is 1. The molecule has 0 radical (unpaired) electrons. The van der Waals surface area contributed by atoms with E-state index in [0.29, 0.717) is 17.9 Å². The zero-order valence-corrected chi connectivity index (χ0v) is 12.5. The number of carbonyl (C=O) groups is 2. The highest BCUT2D eigenvalue weighted by Gasteiger charge is 2.53. The van der Waals surface area contributed by atoms with E-state index in [9.17, 15) is 9.59 Å². The highest BCUT2D eigenvalue weighted by Crippen LogP contribution is 2.51. The topological polar surface area (TPSA) is 58.6 Å². The van der Waals surface area contributed by atoms with Gasteiger partial charge >= 0.3 is 6.09 Å². The van der Waals surface area contributed by atoms with Crippen LogP contribution < -0.4 is 5.32 Å². The van der Waals surface area contributed by atoms with Crippen molar-refractivity contribution < 1.29 is 14.3 Å². The van der Waals surface area contributed by atoms with Gasteiger partial charge in [-0.25, -0.2) is 4.79 Å². The van der Waals surface area contributed by atoms with Crippen LogP contribution in [-0.4, -0.2) is 41.1 Å². The summed E-state index contributed by atoms with van der Waals surface area (Å²) in [5, 5.41) is 2.78. The van der Waals surface area contributed by atoms with Gasteiger partial charge in [0.15, 0.2) is 0 Å². The van der Waals surface area contributed by atoms with E-state index in [0.717, 1.165) is 25.8 Å². The van der Waals surface area contributed by atoms with Crippen LogP contribution in [0.4, 0.5) is 4.79 Å². The maximum Gasteiger partial charge on any atom is 0.408 e. The van der Waals surface area contributed by atoms with Crippen molar-refractivity contribution in [3.05, 3.63) is 0 Å². The Labute approximate surface area is 120 Å². The summed E-state index contributed by atoms with van der Waals surface area (Å²) in [4.78, 5) is 26.4. The Kier molecular flexibility index (Phi) is 3.18. The normalized spacial score (nSPS) is 36.0. The van der Waals surface area contributed by atoms with Crippen molar-refractivity contribution in [1.82, 2.24) is 10.2 Å². The van der Waals surface area contributed by atoms with Gasteiger partial charge in [-0.05, 0) is 58.3 Å². The Morgan fingerprint density at radius 1 is 1.35 bits per heavy atom. The van der Waals surface area contributed by atoms with Crippen molar-refractivity contribution in [3.63, 3.8) is 0 Å². The Morgan fingerprint density at radius 2 is 2.10 bits per heavy atom. The summed E-state index contributed by atoms with van der Waals surface area (Å²) in [6.07, 6.45) is 3.73. The lowest BCUT2D eigenvalue weighted by Crippen LogP contribution is -2.50. The van der Waals surface area contributed by atoms with Crippen molar-refractivity contribution in [2.75, 3.05) is 6.54 Å². The van der Waals surface area contributed by atoms with Crippen molar-refractivity contribution in [3.8, 4) is 0 Å². The third-order valence-electron chi connectivity index (χ3n) is 4.58. The molecule has 0 unspecified atom stereocenters. The Balaban J connectivity index is 1.67. The minimum Gasteiger partial charge on any atom is -0.444 e. The van der Waals surface area contributed by atoms with Gasteiger partial charge in [-0.15, -0.1) is 0 Å². The van der Waals surface area contributed by atoms with Crippen LogP contribution in [0.25, 0.3) is 0 Å². The van der Waals surface area contributed by atoms with Crippen LogP contribution in [0.2, 0.25) is 0 Å². The van der Waals surface area contributed by atoms with Crippen LogP contribution >= 0.6 is 0 Å². The van der Waals surface area contributed by atoms with Crippen LogP contribution in [0.15, 0.2) is 0 Å². The molecule has 5 nitrogen and oxygen atoms in total. The Hall–Kier alpha value is -1.26. The molecule has 0 aromatic heterocycles. The molecule has 3 rings (SSSR count). The summed E-state index contributed by atoms with van der Waals surface area (Å²) >= 11 is 0. The SMILES string of the molecule is CC(C)(C)OC(=O)N[C@H]1C[C@H]2C[C@H]2[C@H]2CCCN2C1=O. The number of fused-ring (bicyclic) bond motifs is 3. The zero-order chi connectivity index (χ0) is 14.5. The molecule has 3 aliphatic rings. The summed E-state index contributed by atoms with van der Waals surface area (Å²) in [5.74, 6) is 1.37. The number of nitrogens with zero attached hydrogens (tertiary/aromatic N) is 1. The zero-order valence-electron chi connectivity index (χ0n) is 12.5. The molecule has 0 aromatic rings. The molecule has 4 atom stereocenters. The fraction of sp³-hybridized carbons (Fsp3) is 0.867. The molecule has 0 bridgehead atoms. The molecule has 3 fully saturated rings. The van der Waals surface area contributed by atoms with Crippen molar-refractivity contribution in [1.29, 1.82) is 0 Å². The molecule has 0 spiro atoms. The van der Waals surface area contributed by atoms with Crippen molar-refractivity contribution >= 4 is 12.0 Å². The van der Waals surface area contributed by atoms with Crippen LogP contribution in [-0.2, 0) is 9.53 Å². The number of rotatable bonds is 1. The molecule has 20 heavy (non-hydrogen) atoms. The van der Waals surface area contributed by atoms with Crippen LogP contribution in [0, 0.1) is 11.8 Å². The second-order valence-corrected chi connectivity index (χ2v) is 7.34. The van der Waals surface area contributed by atoms with Crippen molar-refractivity contribution in [2.45, 2.75) is 64.1 Å². The number of nitrogens with one attached hydrogen (secondary N) is 1. The molecule has 2 aliphatic heterocycles. The maximum absolute atomic E-state index is 12.5. The molecule has 2 heterocycles. The fourth-order valence-corrected chi connectivity index (χ4v) is 3.70. The molecule has 1 saturated carbocycles. The summed E-state index contributed by atoms with van der Waals surface area (Å²) < 4.78 is 5.27. The van der Waals surface area contributed by atoms with E-state index in [4.69, 9.17) is 4.74 Å². The molecule has 2 saturated heterocycles. The highest BCUT2D eigenvalue weighted by atomic mass is 16.6. The van der Waals surface area contributed by atoms with E-state index in [1.54, 1.807) is 0 Å². The predicted octanol–water partition coefficient (Wildman–Crippen LogP) is 1.91. The van der Waals surface area contributed by atoms with Gasteiger partial charge in [0, 0.05) is 12.6 Å². The minimum absolute atomic E-state index is 0.0885. The van der Waals surface area contributed by atoms with Gasteiger partial charge in [-0.3, -0.25) is 4.79 Å². The van der Waals surface area contributed by atoms with E-state index in [-0.39, 0.29) is 5.91 Å². The first-order valence-electron chi connectivity index (χ1n) is 7.65. The minimum atomic E-state index is -0.532. The first kappa shape index (κ1) is 13.7. The lowest BCUT2D eigenvalue weighted by atomic mass is 10.1. The number of ether oxygens (including phenoxy) is 1. The lowest BCUT2D eigenvalue weighted by molar-refractivity contribution is -0.134. The monoisotopic (exact) mass is 280 g/mol. The van der Waals surface area contributed by atoms with Crippen LogP contribution in [0.1, 0.15) is 46.5 Å². The Morgan fingerprint density at radius 3 is 2.80 bits per heavy atom.